The fourth-order valence-electron chi connectivity index (χ4n) is 4.95. The van der Waals surface area contributed by atoms with E-state index < -0.39 is 11.6 Å². The average Bonchev–Trinajstić information content (AvgIpc) is 3.38. The first-order valence-corrected chi connectivity index (χ1v) is 13.6. The number of nitrogens with one attached hydrogen (secondary N) is 1. The normalized spacial score (nSPS) is 11.0. The van der Waals surface area contributed by atoms with Crippen molar-refractivity contribution >= 4 is 51.4 Å². The standard InChI is InChI=1S/C32H31FN4O4.K/c1-5-8-29-27(31(38)37(20(4)34-29)22-12-14-23(15-13-22)40-19(2)3)17-21-11-16-25(28(33)18-21)24-9-6-7-10-26(24)30-35-32(39)41-36-30;/h6-7,9-16,18-19H,5,8,17H2,1-4H3,(H,35,36,39);. The van der Waals surface area contributed by atoms with Crippen molar-refractivity contribution in [1.29, 1.82) is 0 Å². The van der Waals surface area contributed by atoms with Crippen molar-refractivity contribution in [1.82, 2.24) is 19.7 Å². The molecule has 3 aromatic carbocycles. The molecule has 0 saturated heterocycles. The SMILES string of the molecule is CCCc1nc(C)n(-c2ccc(OC(C)C)cc2)c(=O)c1Cc1ccc(-c2ccccc2-c2noc(=O)[nH]2)c(F)c1.[K]. The summed E-state index contributed by atoms with van der Waals surface area (Å²) in [4.78, 5) is 32.7. The minimum absolute atomic E-state index is 0. The number of aromatic amines is 1. The zero-order valence-electron chi connectivity index (χ0n) is 24.4. The van der Waals surface area contributed by atoms with Crippen molar-refractivity contribution in [2.75, 3.05) is 0 Å². The molecule has 1 radical (unpaired) electrons. The number of halogens is 1. The molecule has 0 saturated carbocycles. The number of nitrogens with zero attached hydrogens (tertiary/aromatic N) is 3. The van der Waals surface area contributed by atoms with Crippen molar-refractivity contribution in [2.24, 2.45) is 0 Å². The summed E-state index contributed by atoms with van der Waals surface area (Å²) in [5.74, 6) is 0.374. The maximum absolute atomic E-state index is 15.6. The molecule has 2 aromatic heterocycles. The summed E-state index contributed by atoms with van der Waals surface area (Å²) in [6.07, 6.45) is 1.72. The number of hydrogen-bond donors (Lipinski definition) is 1. The summed E-state index contributed by atoms with van der Waals surface area (Å²) in [6.45, 7) is 7.76. The van der Waals surface area contributed by atoms with E-state index in [1.54, 1.807) is 41.0 Å². The molecule has 0 spiro atoms. The number of H-pyrrole nitrogens is 1. The number of aryl methyl sites for hydroxylation is 2. The number of hydrogen-bond acceptors (Lipinski definition) is 6. The number of benzene rings is 3. The second-order valence-electron chi connectivity index (χ2n) is 10.1. The molecule has 2 heterocycles. The van der Waals surface area contributed by atoms with Crippen molar-refractivity contribution in [3.05, 3.63) is 116 Å². The van der Waals surface area contributed by atoms with Gasteiger partial charge in [-0.3, -0.25) is 18.9 Å². The Kier molecular flexibility index (Phi) is 10.5. The molecule has 5 aromatic rings. The topological polar surface area (TPSA) is 103 Å². The van der Waals surface area contributed by atoms with Gasteiger partial charge in [0.2, 0.25) is 0 Å². The van der Waals surface area contributed by atoms with Gasteiger partial charge in [-0.25, -0.2) is 14.2 Å². The Morgan fingerprint density at radius 2 is 1.71 bits per heavy atom. The minimum atomic E-state index is -0.689. The minimum Gasteiger partial charge on any atom is -0.491 e. The van der Waals surface area contributed by atoms with Crippen LogP contribution in [0.15, 0.2) is 80.8 Å². The molecule has 0 aliphatic heterocycles. The van der Waals surface area contributed by atoms with E-state index in [0.717, 1.165) is 17.9 Å². The van der Waals surface area contributed by atoms with Crippen molar-refractivity contribution in [3.8, 4) is 34.0 Å². The van der Waals surface area contributed by atoms with Crippen LogP contribution in [-0.4, -0.2) is 77.2 Å². The first-order chi connectivity index (χ1) is 19.7. The molecule has 5 rings (SSSR count). The summed E-state index contributed by atoms with van der Waals surface area (Å²) in [6, 6.07) is 19.3. The molecular formula is C32H31FKN4O4. The molecule has 0 atom stereocenters. The first kappa shape index (κ1) is 31.8. The van der Waals surface area contributed by atoms with Gasteiger partial charge in [0, 0.05) is 74.5 Å². The van der Waals surface area contributed by atoms with Crippen molar-refractivity contribution in [2.45, 2.75) is 53.1 Å². The molecule has 211 valence electrons. The molecule has 0 amide bonds. The van der Waals surface area contributed by atoms with E-state index in [2.05, 4.69) is 14.7 Å². The van der Waals surface area contributed by atoms with Gasteiger partial charge in [0.25, 0.3) is 5.56 Å². The summed E-state index contributed by atoms with van der Waals surface area (Å²) < 4.78 is 27.6. The Hall–Kier alpha value is -3.15. The van der Waals surface area contributed by atoms with Gasteiger partial charge in [-0.15, -0.1) is 0 Å². The second kappa shape index (κ2) is 13.9. The average molecular weight is 594 g/mol. The Labute approximate surface area is 285 Å². The van der Waals surface area contributed by atoms with Crippen LogP contribution >= 0.6 is 0 Å². The molecule has 1 N–H and O–H groups in total. The summed E-state index contributed by atoms with van der Waals surface area (Å²) in [7, 11) is 0. The maximum Gasteiger partial charge on any atom is 0.439 e. The Morgan fingerprint density at radius 3 is 2.33 bits per heavy atom. The fraction of sp³-hybridized carbons (Fsp3) is 0.250. The third-order valence-electron chi connectivity index (χ3n) is 6.71. The van der Waals surface area contributed by atoms with E-state index in [9.17, 15) is 9.59 Å². The fourth-order valence-corrected chi connectivity index (χ4v) is 4.95. The summed E-state index contributed by atoms with van der Waals surface area (Å²) >= 11 is 0. The molecule has 0 fully saturated rings. The van der Waals surface area contributed by atoms with Gasteiger partial charge >= 0.3 is 5.76 Å². The molecule has 10 heteroatoms. The van der Waals surface area contributed by atoms with Crippen LogP contribution in [0.4, 0.5) is 4.39 Å². The van der Waals surface area contributed by atoms with Crippen LogP contribution in [0.1, 0.15) is 49.8 Å². The molecule has 42 heavy (non-hydrogen) atoms. The van der Waals surface area contributed by atoms with Gasteiger partial charge in [-0.2, -0.15) is 0 Å². The van der Waals surface area contributed by atoms with E-state index in [1.807, 2.05) is 52.0 Å². The number of ether oxygens (including phenoxy) is 1. The Morgan fingerprint density at radius 1 is 1.00 bits per heavy atom. The van der Waals surface area contributed by atoms with Gasteiger partial charge in [0.1, 0.15) is 17.4 Å². The van der Waals surface area contributed by atoms with Crippen molar-refractivity contribution in [3.63, 3.8) is 0 Å². The van der Waals surface area contributed by atoms with Crippen LogP contribution in [0, 0.1) is 12.7 Å². The quantitative estimate of drug-likeness (QED) is 0.222. The van der Waals surface area contributed by atoms with Gasteiger partial charge in [-0.1, -0.05) is 54.9 Å². The van der Waals surface area contributed by atoms with Gasteiger partial charge in [0.15, 0.2) is 5.82 Å². The van der Waals surface area contributed by atoms with E-state index in [4.69, 9.17) is 9.72 Å². The summed E-state index contributed by atoms with van der Waals surface area (Å²) in [5.41, 5.74) is 3.83. The van der Waals surface area contributed by atoms with Gasteiger partial charge in [0.05, 0.1) is 17.5 Å². The molecule has 8 nitrogen and oxygen atoms in total. The second-order valence-corrected chi connectivity index (χ2v) is 10.1. The Balaban J connectivity index is 0.00000405. The number of rotatable bonds is 9. The third-order valence-corrected chi connectivity index (χ3v) is 6.71. The predicted molar refractivity (Wildman–Crippen MR) is 161 cm³/mol. The Bertz CT molecular complexity index is 1810. The van der Waals surface area contributed by atoms with Gasteiger partial charge < -0.3 is 4.74 Å². The van der Waals surface area contributed by atoms with E-state index in [0.29, 0.717) is 45.7 Å². The third kappa shape index (κ3) is 6.90. The number of aromatic nitrogens is 4. The molecule has 0 bridgehead atoms. The van der Waals surface area contributed by atoms with Crippen LogP contribution in [0.5, 0.6) is 5.75 Å². The molecule has 0 aliphatic rings. The van der Waals surface area contributed by atoms with Crippen LogP contribution < -0.4 is 16.1 Å². The monoisotopic (exact) mass is 593 g/mol. The predicted octanol–water partition coefficient (Wildman–Crippen LogP) is 5.64. The first-order valence-electron chi connectivity index (χ1n) is 13.6. The van der Waals surface area contributed by atoms with Crippen LogP contribution in [0.25, 0.3) is 28.2 Å². The van der Waals surface area contributed by atoms with Crippen LogP contribution in [0.2, 0.25) is 0 Å². The molecule has 0 aliphatic carbocycles. The van der Waals surface area contributed by atoms with Crippen LogP contribution in [-0.2, 0) is 12.8 Å². The zero-order chi connectivity index (χ0) is 29.1. The van der Waals surface area contributed by atoms with E-state index in [-0.39, 0.29) is 75.3 Å². The van der Waals surface area contributed by atoms with E-state index in [1.165, 1.54) is 6.07 Å². The van der Waals surface area contributed by atoms with Crippen molar-refractivity contribution < 1.29 is 13.7 Å². The van der Waals surface area contributed by atoms with Gasteiger partial charge in [-0.05, 0) is 68.7 Å². The van der Waals surface area contributed by atoms with E-state index >= 15 is 4.39 Å². The molecular weight excluding hydrogens is 562 g/mol. The zero-order valence-corrected chi connectivity index (χ0v) is 27.5. The largest absolute Gasteiger partial charge is 0.491 e. The molecule has 0 unspecified atom stereocenters. The van der Waals surface area contributed by atoms with Crippen LogP contribution in [0.3, 0.4) is 0 Å². The maximum atomic E-state index is 15.6. The summed E-state index contributed by atoms with van der Waals surface area (Å²) in [5, 5.41) is 3.75. The smallest absolute Gasteiger partial charge is 0.439 e.